The van der Waals surface area contributed by atoms with Crippen LogP contribution < -0.4 is 9.47 Å². The normalized spacial score (nSPS) is 9.85. The molecule has 0 fully saturated rings. The van der Waals surface area contributed by atoms with E-state index in [1.54, 1.807) is 14.2 Å². The minimum atomic E-state index is 0.367. The second-order valence-corrected chi connectivity index (χ2v) is 3.52. The molecule has 0 saturated carbocycles. The van der Waals surface area contributed by atoms with Gasteiger partial charge in [-0.05, 0) is 28.1 Å². The summed E-state index contributed by atoms with van der Waals surface area (Å²) >= 11 is 9.16. The van der Waals surface area contributed by atoms with Crippen LogP contribution in [0.3, 0.4) is 0 Å². The monoisotopic (exact) mass is 264 g/mol. The van der Waals surface area contributed by atoms with Gasteiger partial charge in [0.1, 0.15) is 11.5 Å². The predicted molar refractivity (Wildman–Crippen MR) is 56.8 cm³/mol. The Labute approximate surface area is 90.9 Å². The van der Waals surface area contributed by atoms with Gasteiger partial charge in [-0.3, -0.25) is 0 Å². The molecular weight excluding hydrogens is 255 g/mol. The van der Waals surface area contributed by atoms with E-state index in [1.807, 2.05) is 12.1 Å². The van der Waals surface area contributed by atoms with Gasteiger partial charge in [0.2, 0.25) is 0 Å². The number of alkyl halides is 1. The highest BCUT2D eigenvalue weighted by atomic mass is 79.9. The first kappa shape index (κ1) is 10.7. The summed E-state index contributed by atoms with van der Waals surface area (Å²) in [6.07, 6.45) is 0. The lowest BCUT2D eigenvalue weighted by Crippen LogP contribution is -1.95. The van der Waals surface area contributed by atoms with Gasteiger partial charge in [0.15, 0.2) is 0 Å². The molecule has 0 saturated heterocycles. The second-order valence-electron chi connectivity index (χ2n) is 2.40. The van der Waals surface area contributed by atoms with Crippen molar-refractivity contribution in [2.45, 2.75) is 5.88 Å². The highest BCUT2D eigenvalue weighted by molar-refractivity contribution is 9.10. The summed E-state index contributed by atoms with van der Waals surface area (Å²) in [5.74, 6) is 1.84. The van der Waals surface area contributed by atoms with Gasteiger partial charge in [0, 0.05) is 0 Å². The van der Waals surface area contributed by atoms with E-state index in [-0.39, 0.29) is 0 Å². The van der Waals surface area contributed by atoms with Gasteiger partial charge in [-0.1, -0.05) is 0 Å². The maximum absolute atomic E-state index is 5.79. The second kappa shape index (κ2) is 4.72. The molecule has 0 unspecified atom stereocenters. The summed E-state index contributed by atoms with van der Waals surface area (Å²) in [6.45, 7) is 0. The van der Waals surface area contributed by atoms with Crippen LogP contribution in [0.15, 0.2) is 16.6 Å². The minimum Gasteiger partial charge on any atom is -0.496 e. The number of hydrogen-bond acceptors (Lipinski definition) is 2. The fourth-order valence-corrected chi connectivity index (χ4v) is 1.91. The molecule has 0 atom stereocenters. The molecule has 1 aromatic rings. The van der Waals surface area contributed by atoms with E-state index >= 15 is 0 Å². The van der Waals surface area contributed by atoms with Crippen LogP contribution in [-0.4, -0.2) is 14.2 Å². The van der Waals surface area contributed by atoms with Crippen LogP contribution in [-0.2, 0) is 5.88 Å². The zero-order chi connectivity index (χ0) is 9.84. The van der Waals surface area contributed by atoms with Crippen molar-refractivity contribution < 1.29 is 9.47 Å². The largest absolute Gasteiger partial charge is 0.496 e. The first-order chi connectivity index (χ1) is 6.24. The van der Waals surface area contributed by atoms with Crippen molar-refractivity contribution in [2.75, 3.05) is 14.2 Å². The quantitative estimate of drug-likeness (QED) is 0.781. The maximum Gasteiger partial charge on any atom is 0.141 e. The van der Waals surface area contributed by atoms with E-state index in [2.05, 4.69) is 15.9 Å². The average molecular weight is 266 g/mol. The zero-order valence-electron chi connectivity index (χ0n) is 7.43. The number of ether oxygens (including phenoxy) is 2. The topological polar surface area (TPSA) is 18.5 Å². The van der Waals surface area contributed by atoms with Crippen molar-refractivity contribution in [3.63, 3.8) is 0 Å². The molecule has 0 aromatic heterocycles. The average Bonchev–Trinajstić information content (AvgIpc) is 2.17. The molecule has 0 radical (unpaired) electrons. The van der Waals surface area contributed by atoms with Gasteiger partial charge in [-0.2, -0.15) is 0 Å². The van der Waals surface area contributed by atoms with Crippen LogP contribution >= 0.6 is 27.5 Å². The van der Waals surface area contributed by atoms with Crippen molar-refractivity contribution in [3.8, 4) is 11.5 Å². The number of halogens is 2. The van der Waals surface area contributed by atoms with E-state index in [0.29, 0.717) is 5.88 Å². The highest BCUT2D eigenvalue weighted by Crippen LogP contribution is 2.36. The molecular formula is C9H10BrClO2. The lowest BCUT2D eigenvalue weighted by Gasteiger charge is -2.12. The molecule has 1 rings (SSSR count). The molecule has 0 heterocycles. The highest BCUT2D eigenvalue weighted by Gasteiger charge is 2.11. The molecule has 0 N–H and O–H groups in total. The van der Waals surface area contributed by atoms with Crippen molar-refractivity contribution in [2.24, 2.45) is 0 Å². The molecule has 4 heteroatoms. The maximum atomic E-state index is 5.79. The summed E-state index contributed by atoms with van der Waals surface area (Å²) in [5, 5.41) is 0. The molecule has 72 valence electrons. The Morgan fingerprint density at radius 1 is 1.31 bits per heavy atom. The van der Waals surface area contributed by atoms with Crippen molar-refractivity contribution in [1.29, 1.82) is 0 Å². The predicted octanol–water partition coefficient (Wildman–Crippen LogP) is 3.21. The number of benzene rings is 1. The van der Waals surface area contributed by atoms with E-state index < -0.39 is 0 Å². The van der Waals surface area contributed by atoms with Crippen molar-refractivity contribution in [3.05, 3.63) is 22.2 Å². The molecule has 0 aliphatic heterocycles. The third-order valence-corrected chi connectivity index (χ3v) is 2.62. The standard InChI is InChI=1S/C9H10BrClO2/c1-12-8-4-3-7(10)9(13-2)6(8)5-11/h3-4H,5H2,1-2H3. The summed E-state index contributed by atoms with van der Waals surface area (Å²) in [4.78, 5) is 0. The molecule has 0 amide bonds. The van der Waals surface area contributed by atoms with E-state index in [0.717, 1.165) is 21.5 Å². The molecule has 13 heavy (non-hydrogen) atoms. The van der Waals surface area contributed by atoms with Crippen LogP contribution in [0, 0.1) is 0 Å². The first-order valence-electron chi connectivity index (χ1n) is 3.70. The van der Waals surface area contributed by atoms with E-state index in [1.165, 1.54) is 0 Å². The first-order valence-corrected chi connectivity index (χ1v) is 5.02. The summed E-state index contributed by atoms with van der Waals surface area (Å²) in [6, 6.07) is 3.72. The fraction of sp³-hybridized carbons (Fsp3) is 0.333. The number of hydrogen-bond donors (Lipinski definition) is 0. The third kappa shape index (κ3) is 2.09. The van der Waals surface area contributed by atoms with Gasteiger partial charge >= 0.3 is 0 Å². The molecule has 0 bridgehead atoms. The molecule has 0 aliphatic carbocycles. The van der Waals surface area contributed by atoms with Crippen LogP contribution in [0.25, 0.3) is 0 Å². The summed E-state index contributed by atoms with van der Waals surface area (Å²) < 4.78 is 11.2. The Balaban J connectivity index is 3.27. The summed E-state index contributed by atoms with van der Waals surface area (Å²) in [7, 11) is 3.22. The Kier molecular flexibility index (Phi) is 3.88. The van der Waals surface area contributed by atoms with Gasteiger partial charge in [0.25, 0.3) is 0 Å². The zero-order valence-corrected chi connectivity index (χ0v) is 9.78. The third-order valence-electron chi connectivity index (χ3n) is 1.73. The van der Waals surface area contributed by atoms with Crippen LogP contribution in [0.1, 0.15) is 5.56 Å². The van der Waals surface area contributed by atoms with E-state index in [4.69, 9.17) is 21.1 Å². The lowest BCUT2D eigenvalue weighted by molar-refractivity contribution is 0.386. The Morgan fingerprint density at radius 3 is 2.46 bits per heavy atom. The van der Waals surface area contributed by atoms with Gasteiger partial charge < -0.3 is 9.47 Å². The summed E-state index contributed by atoms with van der Waals surface area (Å²) in [5.41, 5.74) is 0.862. The number of methoxy groups -OCH3 is 2. The van der Waals surface area contributed by atoms with Crippen molar-refractivity contribution >= 4 is 27.5 Å². The Bertz CT molecular complexity index is 302. The van der Waals surface area contributed by atoms with Crippen molar-refractivity contribution in [1.82, 2.24) is 0 Å². The SMILES string of the molecule is COc1ccc(Br)c(OC)c1CCl. The minimum absolute atomic E-state index is 0.367. The lowest BCUT2D eigenvalue weighted by atomic mass is 10.2. The Morgan fingerprint density at radius 2 is 2.00 bits per heavy atom. The van der Waals surface area contributed by atoms with Gasteiger partial charge in [-0.25, -0.2) is 0 Å². The smallest absolute Gasteiger partial charge is 0.141 e. The molecule has 1 aromatic carbocycles. The van der Waals surface area contributed by atoms with Gasteiger partial charge in [-0.15, -0.1) is 11.6 Å². The van der Waals surface area contributed by atoms with Crippen LogP contribution in [0.2, 0.25) is 0 Å². The molecule has 0 spiro atoms. The van der Waals surface area contributed by atoms with Crippen LogP contribution in [0.4, 0.5) is 0 Å². The Hall–Kier alpha value is -0.410. The van der Waals surface area contributed by atoms with Gasteiger partial charge in [0.05, 0.1) is 30.1 Å². The van der Waals surface area contributed by atoms with Crippen LogP contribution in [0.5, 0.6) is 11.5 Å². The molecule has 2 nitrogen and oxygen atoms in total. The number of rotatable bonds is 3. The molecule has 0 aliphatic rings. The van der Waals surface area contributed by atoms with E-state index in [9.17, 15) is 0 Å². The fourth-order valence-electron chi connectivity index (χ4n) is 1.12.